The van der Waals surface area contributed by atoms with Crippen molar-refractivity contribution >= 4 is 41.0 Å². The monoisotopic (exact) mass is 658 g/mol. The smallest absolute Gasteiger partial charge is 0.322 e. The number of anilines is 2. The van der Waals surface area contributed by atoms with E-state index in [0.29, 0.717) is 57.8 Å². The van der Waals surface area contributed by atoms with E-state index in [-0.39, 0.29) is 52.6 Å². The van der Waals surface area contributed by atoms with Gasteiger partial charge in [0, 0.05) is 81.8 Å². The quantitative estimate of drug-likeness (QED) is 0.376. The van der Waals surface area contributed by atoms with Gasteiger partial charge in [0.25, 0.3) is 0 Å². The van der Waals surface area contributed by atoms with Crippen molar-refractivity contribution in [3.05, 3.63) is 59.4 Å². The molecule has 0 saturated carbocycles. The number of benzene rings is 2. The third-order valence-corrected chi connectivity index (χ3v) is 11.2. The molecule has 2 atom stereocenters. The van der Waals surface area contributed by atoms with Gasteiger partial charge in [-0.1, -0.05) is 51.1 Å². The molecule has 2 N–H and O–H groups in total. The molecule has 0 radical (unpaired) electrons. The number of hydrogen-bond acceptors (Lipinski definition) is 6. The second-order valence-corrected chi connectivity index (χ2v) is 15.4. The van der Waals surface area contributed by atoms with E-state index in [1.54, 1.807) is 6.07 Å². The van der Waals surface area contributed by atoms with Gasteiger partial charge < -0.3 is 30.2 Å². The molecule has 0 aliphatic carbocycles. The highest BCUT2D eigenvalue weighted by Crippen LogP contribution is 2.48. The first-order valence-electron chi connectivity index (χ1n) is 16.7. The summed E-state index contributed by atoms with van der Waals surface area (Å²) in [5.74, 6) is -0.346. The maximum absolute atomic E-state index is 15.5. The van der Waals surface area contributed by atoms with E-state index in [1.165, 1.54) is 17.8 Å². The topological polar surface area (TPSA) is 88.2 Å². The molecule has 46 heavy (non-hydrogen) atoms. The van der Waals surface area contributed by atoms with Crippen molar-refractivity contribution in [2.75, 3.05) is 62.6 Å². The number of piperazine rings is 1. The molecule has 0 spiro atoms. The van der Waals surface area contributed by atoms with E-state index >= 15 is 4.39 Å². The summed E-state index contributed by atoms with van der Waals surface area (Å²) in [6.07, 6.45) is 3.13. The van der Waals surface area contributed by atoms with Crippen LogP contribution in [0.2, 0.25) is 0 Å². The molecule has 11 heteroatoms. The number of halogens is 1. The highest BCUT2D eigenvalue weighted by atomic mass is 32.2. The van der Waals surface area contributed by atoms with Crippen LogP contribution < -0.4 is 15.5 Å². The van der Waals surface area contributed by atoms with Crippen molar-refractivity contribution in [1.29, 1.82) is 0 Å². The highest BCUT2D eigenvalue weighted by Gasteiger charge is 2.44. The van der Waals surface area contributed by atoms with E-state index in [1.807, 2.05) is 39.0 Å². The van der Waals surface area contributed by atoms with Gasteiger partial charge in [0.05, 0.1) is 10.9 Å². The van der Waals surface area contributed by atoms with E-state index in [2.05, 4.69) is 42.4 Å². The van der Waals surface area contributed by atoms with E-state index in [9.17, 15) is 14.4 Å². The second kappa shape index (κ2) is 13.8. The number of urea groups is 1. The molecule has 2 aromatic rings. The maximum atomic E-state index is 15.5. The third-order valence-electron chi connectivity index (χ3n) is 9.71. The number of amides is 4. The van der Waals surface area contributed by atoms with Gasteiger partial charge in [-0.3, -0.25) is 9.59 Å². The number of para-hydroxylation sites is 2. The molecule has 9 nitrogen and oxygen atoms in total. The van der Waals surface area contributed by atoms with E-state index in [4.69, 9.17) is 0 Å². The van der Waals surface area contributed by atoms with Crippen LogP contribution in [0.25, 0.3) is 0 Å². The Hall–Kier alpha value is -3.31. The number of thioether (sulfide) groups is 1. The van der Waals surface area contributed by atoms with Crippen LogP contribution in [0.3, 0.4) is 0 Å². The summed E-state index contributed by atoms with van der Waals surface area (Å²) in [6.45, 7) is 11.7. The SMILES string of the molecule is CC(C)(C)CCN1C(=O)[C@H](CC(=O)N2CCC(N3CCc4ccccc4NC3=O)CC2)SC1c1cccc(F)c1N1CCNCC1.[HH].[HH].[HH].[HH]. The lowest BCUT2D eigenvalue weighted by molar-refractivity contribution is -0.137. The van der Waals surface area contributed by atoms with Crippen LogP contribution in [0.4, 0.5) is 20.6 Å². The summed E-state index contributed by atoms with van der Waals surface area (Å²) in [4.78, 5) is 48.4. The summed E-state index contributed by atoms with van der Waals surface area (Å²) in [7, 11) is 0. The zero-order valence-electron chi connectivity index (χ0n) is 27.3. The molecule has 2 aromatic carbocycles. The minimum absolute atomic E-state index is 0. The van der Waals surface area contributed by atoms with Gasteiger partial charge in [-0.25, -0.2) is 9.18 Å². The zero-order chi connectivity index (χ0) is 32.4. The Morgan fingerprint density at radius 1 is 1.00 bits per heavy atom. The Bertz CT molecular complexity index is 1460. The molecular weight excluding hydrogens is 603 g/mol. The molecule has 256 valence electrons. The Labute approximate surface area is 282 Å². The van der Waals surface area contributed by atoms with Crippen molar-refractivity contribution in [1.82, 2.24) is 20.0 Å². The number of fused-ring (bicyclic) bond motifs is 1. The lowest BCUT2D eigenvalue weighted by Crippen LogP contribution is -2.50. The summed E-state index contributed by atoms with van der Waals surface area (Å²) >= 11 is 1.49. The van der Waals surface area contributed by atoms with Gasteiger partial charge in [-0.15, -0.1) is 11.8 Å². The van der Waals surface area contributed by atoms with Gasteiger partial charge >= 0.3 is 6.03 Å². The molecule has 0 aromatic heterocycles. The van der Waals surface area contributed by atoms with Crippen molar-refractivity contribution in [3.8, 4) is 0 Å². The number of rotatable bonds is 7. The molecule has 4 aliphatic rings. The number of nitrogens with one attached hydrogen (secondary N) is 2. The molecule has 6 rings (SSSR count). The number of carbonyl (C=O) groups is 3. The lowest BCUT2D eigenvalue weighted by atomic mass is 9.92. The Morgan fingerprint density at radius 2 is 1.74 bits per heavy atom. The minimum atomic E-state index is -0.524. The standard InChI is InChI=1S/C35H47FN6O3S.4H2/c1-35(2,3)14-20-42-32(44)29(46-33(42)26-8-6-9-27(36)31(26)40-21-15-37-16-22-40)23-30(43)39-17-12-25(13-18-39)41-19-11-24-7-4-5-10-28(24)38-34(41)45;;;;/h4-10,25,29,33,37H,11-23H2,1-3H3,(H,38,45);4*1H/t29-,33?;;;;/m0..../s1. The lowest BCUT2D eigenvalue weighted by Gasteiger charge is -2.38. The van der Waals surface area contributed by atoms with Gasteiger partial charge in [0.1, 0.15) is 11.2 Å². The average Bonchev–Trinajstić information content (AvgIpc) is 3.23. The minimum Gasteiger partial charge on any atom is -0.366 e. The van der Waals surface area contributed by atoms with Crippen LogP contribution in [0, 0.1) is 11.2 Å². The highest BCUT2D eigenvalue weighted by molar-refractivity contribution is 8.01. The molecule has 3 saturated heterocycles. The first kappa shape index (κ1) is 32.6. The molecule has 1 unspecified atom stereocenters. The van der Waals surface area contributed by atoms with Gasteiger partial charge in [0.2, 0.25) is 11.8 Å². The fourth-order valence-corrected chi connectivity index (χ4v) is 8.55. The van der Waals surface area contributed by atoms with Gasteiger partial charge in [-0.2, -0.15) is 0 Å². The van der Waals surface area contributed by atoms with E-state index < -0.39 is 5.25 Å². The van der Waals surface area contributed by atoms with Crippen molar-refractivity contribution in [2.24, 2.45) is 5.41 Å². The number of likely N-dealkylation sites (tertiary alicyclic amines) is 1. The number of carbonyl (C=O) groups excluding carboxylic acids is 3. The molecule has 3 fully saturated rings. The van der Waals surface area contributed by atoms with E-state index in [0.717, 1.165) is 42.7 Å². The van der Waals surface area contributed by atoms with Crippen LogP contribution in [-0.2, 0) is 16.0 Å². The first-order chi connectivity index (χ1) is 22.1. The Balaban J connectivity index is 0.00000217. The predicted molar refractivity (Wildman–Crippen MR) is 190 cm³/mol. The van der Waals surface area contributed by atoms with Crippen LogP contribution >= 0.6 is 11.8 Å². The van der Waals surface area contributed by atoms with Gasteiger partial charge in [0.15, 0.2) is 0 Å². The summed E-state index contributed by atoms with van der Waals surface area (Å²) in [6, 6.07) is 13.1. The fourth-order valence-electron chi connectivity index (χ4n) is 7.05. The fraction of sp³-hybridized carbons (Fsp3) is 0.571. The molecule has 4 amide bonds. The number of hydrogen-bond donors (Lipinski definition) is 2. The molecule has 0 bridgehead atoms. The largest absolute Gasteiger partial charge is 0.366 e. The Kier molecular flexibility index (Phi) is 9.80. The van der Waals surface area contributed by atoms with Gasteiger partial charge in [-0.05, 0) is 48.8 Å². The van der Waals surface area contributed by atoms with Crippen molar-refractivity contribution < 1.29 is 24.5 Å². The number of nitrogens with zero attached hydrogens (tertiary/aromatic N) is 4. The Morgan fingerprint density at radius 3 is 2.48 bits per heavy atom. The first-order valence-corrected chi connectivity index (χ1v) is 17.7. The van der Waals surface area contributed by atoms with Crippen LogP contribution in [0.1, 0.15) is 68.7 Å². The predicted octanol–water partition coefficient (Wildman–Crippen LogP) is 6.07. The van der Waals surface area contributed by atoms with Crippen LogP contribution in [0.5, 0.6) is 0 Å². The summed E-state index contributed by atoms with van der Waals surface area (Å²) in [5.41, 5.74) is 3.41. The third kappa shape index (κ3) is 7.15. The average molecular weight is 659 g/mol. The maximum Gasteiger partial charge on any atom is 0.322 e. The summed E-state index contributed by atoms with van der Waals surface area (Å²) in [5, 5.41) is 5.51. The van der Waals surface area contributed by atoms with Crippen LogP contribution in [0.15, 0.2) is 42.5 Å². The zero-order valence-corrected chi connectivity index (χ0v) is 28.1. The molecule has 4 heterocycles. The normalized spacial score (nSPS) is 23.0. The second-order valence-electron chi connectivity index (χ2n) is 14.1. The molecule has 4 aliphatic heterocycles. The van der Waals surface area contributed by atoms with Crippen molar-refractivity contribution in [2.45, 2.75) is 69.5 Å². The molecular formula is C35H55FN6O3S. The van der Waals surface area contributed by atoms with Crippen LogP contribution in [-0.4, -0.2) is 96.2 Å². The summed E-state index contributed by atoms with van der Waals surface area (Å²) < 4.78 is 15.5. The van der Waals surface area contributed by atoms with Crippen molar-refractivity contribution in [3.63, 3.8) is 0 Å². The number of piperidine rings is 1.